The molecule has 0 bridgehead atoms. The zero-order valence-electron chi connectivity index (χ0n) is 27.7. The highest BCUT2D eigenvalue weighted by atomic mass is 16.3. The van der Waals surface area contributed by atoms with E-state index in [0.717, 1.165) is 82.2 Å². The molecule has 5 aromatic heterocycles. The SMILES string of the molecule is c1ccc(-n2c3ccccc3c3cc4oc5c(-n6c7ccccc7c7ccccc76)nc(-n6c7ccccc7c7ccccc76)nc5c4cc32)cc1. The van der Waals surface area contributed by atoms with Crippen LogP contribution in [0.4, 0.5) is 0 Å². The second-order valence-corrected chi connectivity index (χ2v) is 13.4. The highest BCUT2D eigenvalue weighted by molar-refractivity contribution is 6.18. The molecule has 12 aromatic rings. The quantitative estimate of drug-likeness (QED) is 0.189. The Morgan fingerprint density at radius 3 is 1.38 bits per heavy atom. The summed E-state index contributed by atoms with van der Waals surface area (Å²) in [6.07, 6.45) is 0. The summed E-state index contributed by atoms with van der Waals surface area (Å²) in [6.45, 7) is 0. The lowest BCUT2D eigenvalue weighted by molar-refractivity contribution is 0.662. The van der Waals surface area contributed by atoms with Gasteiger partial charge in [0.1, 0.15) is 11.1 Å². The van der Waals surface area contributed by atoms with Crippen LogP contribution in [-0.4, -0.2) is 23.7 Å². The molecule has 0 N–H and O–H groups in total. The number of rotatable bonds is 3. The van der Waals surface area contributed by atoms with Gasteiger partial charge in [0.15, 0.2) is 11.4 Å². The third-order valence-corrected chi connectivity index (χ3v) is 10.7. The molecule has 6 nitrogen and oxygen atoms in total. The fourth-order valence-corrected chi connectivity index (χ4v) is 8.47. The van der Waals surface area contributed by atoms with Crippen molar-refractivity contribution < 1.29 is 4.42 Å². The Morgan fingerprint density at radius 1 is 0.365 bits per heavy atom. The Labute approximate surface area is 296 Å². The minimum absolute atomic E-state index is 0.591. The van der Waals surface area contributed by atoms with Crippen molar-refractivity contribution in [3.8, 4) is 17.5 Å². The van der Waals surface area contributed by atoms with E-state index in [4.69, 9.17) is 14.4 Å². The van der Waals surface area contributed by atoms with Gasteiger partial charge < -0.3 is 8.98 Å². The van der Waals surface area contributed by atoms with Crippen LogP contribution in [0.1, 0.15) is 0 Å². The van der Waals surface area contributed by atoms with Crippen molar-refractivity contribution in [3.05, 3.63) is 164 Å². The number of hydrogen-bond donors (Lipinski definition) is 0. The van der Waals surface area contributed by atoms with Crippen molar-refractivity contribution in [1.82, 2.24) is 23.7 Å². The molecular weight excluding hydrogens is 639 g/mol. The molecule has 0 saturated heterocycles. The maximum Gasteiger partial charge on any atom is 0.237 e. The second-order valence-electron chi connectivity index (χ2n) is 13.4. The van der Waals surface area contributed by atoms with Gasteiger partial charge in [0.25, 0.3) is 0 Å². The van der Waals surface area contributed by atoms with Gasteiger partial charge in [0.05, 0.1) is 33.1 Å². The van der Waals surface area contributed by atoms with Crippen molar-refractivity contribution in [2.45, 2.75) is 0 Å². The van der Waals surface area contributed by atoms with Crippen LogP contribution >= 0.6 is 0 Å². The normalized spacial score (nSPS) is 12.2. The predicted octanol–water partition coefficient (Wildman–Crippen LogP) is 11.7. The summed E-state index contributed by atoms with van der Waals surface area (Å²) < 4.78 is 13.7. The molecule has 5 heterocycles. The Hall–Kier alpha value is -7.18. The molecule has 242 valence electrons. The highest BCUT2D eigenvalue weighted by Gasteiger charge is 2.25. The molecular formula is C46H27N5O. The van der Waals surface area contributed by atoms with Crippen LogP contribution in [-0.2, 0) is 0 Å². The molecule has 0 spiro atoms. The van der Waals surface area contributed by atoms with E-state index in [1.165, 1.54) is 5.39 Å². The molecule has 0 aliphatic rings. The van der Waals surface area contributed by atoms with Crippen LogP contribution < -0.4 is 0 Å². The average molecular weight is 666 g/mol. The van der Waals surface area contributed by atoms with Crippen molar-refractivity contribution >= 4 is 87.5 Å². The number of nitrogens with zero attached hydrogens (tertiary/aromatic N) is 5. The largest absolute Gasteiger partial charge is 0.450 e. The van der Waals surface area contributed by atoms with Gasteiger partial charge >= 0.3 is 0 Å². The Kier molecular flexibility index (Phi) is 5.41. The number of para-hydroxylation sites is 6. The number of hydrogen-bond acceptors (Lipinski definition) is 3. The third kappa shape index (κ3) is 3.62. The Bertz CT molecular complexity index is 3310. The van der Waals surface area contributed by atoms with Crippen molar-refractivity contribution in [2.24, 2.45) is 0 Å². The third-order valence-electron chi connectivity index (χ3n) is 10.7. The summed E-state index contributed by atoms with van der Waals surface area (Å²) in [7, 11) is 0. The topological polar surface area (TPSA) is 53.7 Å². The fraction of sp³-hybridized carbons (Fsp3) is 0. The van der Waals surface area contributed by atoms with Gasteiger partial charge in [-0.15, -0.1) is 0 Å². The Balaban J connectivity index is 1.27. The smallest absolute Gasteiger partial charge is 0.237 e. The van der Waals surface area contributed by atoms with Crippen LogP contribution in [0.2, 0.25) is 0 Å². The van der Waals surface area contributed by atoms with E-state index in [-0.39, 0.29) is 0 Å². The molecule has 52 heavy (non-hydrogen) atoms. The van der Waals surface area contributed by atoms with E-state index in [9.17, 15) is 0 Å². The molecule has 0 amide bonds. The molecule has 0 radical (unpaired) electrons. The number of fused-ring (bicyclic) bond motifs is 12. The Morgan fingerprint density at radius 2 is 0.827 bits per heavy atom. The number of benzene rings is 7. The first-order valence-electron chi connectivity index (χ1n) is 17.5. The van der Waals surface area contributed by atoms with Crippen molar-refractivity contribution in [3.63, 3.8) is 0 Å². The van der Waals surface area contributed by atoms with E-state index in [1.54, 1.807) is 0 Å². The summed E-state index contributed by atoms with van der Waals surface area (Å²) >= 11 is 0. The zero-order chi connectivity index (χ0) is 33.9. The molecule has 0 saturated carbocycles. The average Bonchev–Trinajstić information content (AvgIpc) is 3.93. The van der Waals surface area contributed by atoms with Crippen molar-refractivity contribution in [2.75, 3.05) is 0 Å². The molecule has 0 aliphatic heterocycles. The van der Waals surface area contributed by atoms with E-state index >= 15 is 0 Å². The first kappa shape index (κ1) is 27.6. The molecule has 0 aliphatic carbocycles. The number of furan rings is 1. The van der Waals surface area contributed by atoms with Gasteiger partial charge in [-0.1, -0.05) is 109 Å². The molecule has 0 unspecified atom stereocenters. The first-order chi connectivity index (χ1) is 25.8. The summed E-state index contributed by atoms with van der Waals surface area (Å²) in [6, 6.07) is 57.6. The van der Waals surface area contributed by atoms with Crippen molar-refractivity contribution in [1.29, 1.82) is 0 Å². The minimum atomic E-state index is 0.591. The number of aromatic nitrogens is 5. The van der Waals surface area contributed by atoms with Gasteiger partial charge in [0.2, 0.25) is 5.95 Å². The summed E-state index contributed by atoms with van der Waals surface area (Å²) in [5.41, 5.74) is 9.76. The van der Waals surface area contributed by atoms with Gasteiger partial charge in [-0.05, 0) is 54.6 Å². The lowest BCUT2D eigenvalue weighted by Crippen LogP contribution is -2.06. The summed E-state index contributed by atoms with van der Waals surface area (Å²) in [5, 5.41) is 7.87. The summed E-state index contributed by atoms with van der Waals surface area (Å²) in [4.78, 5) is 10.9. The first-order valence-corrected chi connectivity index (χ1v) is 17.5. The van der Waals surface area contributed by atoms with E-state index in [1.807, 2.05) is 0 Å². The van der Waals surface area contributed by atoms with Gasteiger partial charge in [0, 0.05) is 43.4 Å². The van der Waals surface area contributed by atoms with Crippen LogP contribution in [0.5, 0.6) is 0 Å². The second kappa shape index (κ2) is 10.2. The molecule has 7 aromatic carbocycles. The molecule has 0 atom stereocenters. The van der Waals surface area contributed by atoms with Crippen LogP contribution in [0.15, 0.2) is 168 Å². The van der Waals surface area contributed by atoms with E-state index in [2.05, 4.69) is 177 Å². The molecule has 12 rings (SSSR count). The van der Waals surface area contributed by atoms with Crippen LogP contribution in [0, 0.1) is 0 Å². The fourth-order valence-electron chi connectivity index (χ4n) is 8.47. The lowest BCUT2D eigenvalue weighted by atomic mass is 10.1. The monoisotopic (exact) mass is 665 g/mol. The minimum Gasteiger partial charge on any atom is -0.450 e. The van der Waals surface area contributed by atoms with Crippen LogP contribution in [0.3, 0.4) is 0 Å². The lowest BCUT2D eigenvalue weighted by Gasteiger charge is -2.11. The highest BCUT2D eigenvalue weighted by Crippen LogP contribution is 2.41. The zero-order valence-corrected chi connectivity index (χ0v) is 27.7. The predicted molar refractivity (Wildman–Crippen MR) is 212 cm³/mol. The summed E-state index contributed by atoms with van der Waals surface area (Å²) in [5.74, 6) is 1.30. The maximum absolute atomic E-state index is 6.96. The van der Waals surface area contributed by atoms with Gasteiger partial charge in [-0.25, -0.2) is 4.98 Å². The van der Waals surface area contributed by atoms with E-state index in [0.29, 0.717) is 17.3 Å². The maximum atomic E-state index is 6.96. The standard InChI is InChI=1S/C46H27N5O/c1-2-14-28(15-3-1)49-36-21-9-8-20-33(36)34-27-42-35(26-41(34)49)43-44(52-42)45(50-37-22-10-4-16-29(37)30-17-5-11-23-38(30)50)48-46(47-43)51-39-24-12-6-18-31(39)32-19-7-13-25-40(32)51/h1-27H. The molecule has 0 fully saturated rings. The van der Waals surface area contributed by atoms with E-state index < -0.39 is 0 Å². The van der Waals surface area contributed by atoms with Gasteiger partial charge in [-0.2, -0.15) is 4.98 Å². The molecule has 6 heteroatoms. The van der Waals surface area contributed by atoms with Gasteiger partial charge in [-0.3, -0.25) is 9.13 Å². The van der Waals surface area contributed by atoms with Crippen LogP contribution in [0.25, 0.3) is 105 Å².